The predicted octanol–water partition coefficient (Wildman–Crippen LogP) is 2.28. The lowest BCUT2D eigenvalue weighted by Crippen LogP contribution is -2.38. The van der Waals surface area contributed by atoms with E-state index in [4.69, 9.17) is 10.5 Å². The molecule has 4 rings (SSSR count). The summed E-state index contributed by atoms with van der Waals surface area (Å²) in [5.41, 5.74) is 5.56. The van der Waals surface area contributed by atoms with E-state index in [1.54, 1.807) is 0 Å². The van der Waals surface area contributed by atoms with Gasteiger partial charge < -0.3 is 20.3 Å². The van der Waals surface area contributed by atoms with Gasteiger partial charge in [0.15, 0.2) is 5.82 Å². The number of hydrogen-bond acceptors (Lipinski definition) is 8. The number of pyridine rings is 1. The van der Waals surface area contributed by atoms with Crippen molar-refractivity contribution < 1.29 is 13.5 Å². The van der Waals surface area contributed by atoms with Crippen LogP contribution in [0.5, 0.6) is 0 Å². The molecule has 2 aliphatic heterocycles. The quantitative estimate of drug-likeness (QED) is 0.849. The van der Waals surface area contributed by atoms with E-state index in [1.807, 2.05) is 4.90 Å². The lowest BCUT2D eigenvalue weighted by atomic mass is 10.1. The number of nitrogens with two attached hydrogens (primary N) is 1. The van der Waals surface area contributed by atoms with Crippen molar-refractivity contribution in [1.29, 1.82) is 0 Å². The van der Waals surface area contributed by atoms with Crippen molar-refractivity contribution in [1.82, 2.24) is 19.9 Å². The van der Waals surface area contributed by atoms with Gasteiger partial charge in [-0.3, -0.25) is 0 Å². The molecule has 2 N–H and O–H groups in total. The van der Waals surface area contributed by atoms with Crippen LogP contribution >= 0.6 is 0 Å². The first-order valence-corrected chi connectivity index (χ1v) is 9.49. The first kappa shape index (κ1) is 18.7. The third kappa shape index (κ3) is 3.96. The summed E-state index contributed by atoms with van der Waals surface area (Å²) in [7, 11) is 0. The molecule has 10 heteroatoms. The minimum absolute atomic E-state index is 0.0396. The van der Waals surface area contributed by atoms with Crippen LogP contribution in [0.4, 0.5) is 26.5 Å². The van der Waals surface area contributed by atoms with E-state index in [9.17, 15) is 8.78 Å². The smallest absolute Gasteiger partial charge is 0.264 e. The van der Waals surface area contributed by atoms with Gasteiger partial charge in [0.25, 0.3) is 6.43 Å². The van der Waals surface area contributed by atoms with Crippen molar-refractivity contribution in [2.24, 2.45) is 0 Å². The Morgan fingerprint density at radius 3 is 2.21 bits per heavy atom. The molecule has 0 aromatic carbocycles. The summed E-state index contributed by atoms with van der Waals surface area (Å²) >= 11 is 0. The minimum Gasteiger partial charge on any atom is -0.384 e. The molecule has 0 bridgehead atoms. The minimum atomic E-state index is -2.71. The fourth-order valence-electron chi connectivity index (χ4n) is 3.47. The van der Waals surface area contributed by atoms with Crippen LogP contribution in [0.2, 0.25) is 0 Å². The normalized spacial score (nSPS) is 18.0. The lowest BCUT2D eigenvalue weighted by Gasteiger charge is -2.30. The molecule has 2 saturated heterocycles. The number of nitrogens with zero attached hydrogens (tertiary/aromatic N) is 6. The summed E-state index contributed by atoms with van der Waals surface area (Å²) in [6, 6.07) is 1.18. The third-order valence-corrected chi connectivity index (χ3v) is 4.98. The molecule has 2 fully saturated rings. The van der Waals surface area contributed by atoms with E-state index in [0.29, 0.717) is 38.2 Å². The zero-order valence-electron chi connectivity index (χ0n) is 15.5. The van der Waals surface area contributed by atoms with Crippen LogP contribution in [0.15, 0.2) is 12.3 Å². The van der Waals surface area contributed by atoms with Gasteiger partial charge in [0, 0.05) is 43.5 Å². The molecule has 2 aliphatic rings. The van der Waals surface area contributed by atoms with E-state index in [1.165, 1.54) is 18.7 Å². The Labute approximate surface area is 161 Å². The number of halogens is 2. The number of ether oxygens (including phenoxy) is 1. The molecule has 4 heterocycles. The number of rotatable bonds is 4. The van der Waals surface area contributed by atoms with Gasteiger partial charge in [-0.2, -0.15) is 15.0 Å². The Morgan fingerprint density at radius 2 is 1.57 bits per heavy atom. The van der Waals surface area contributed by atoms with Crippen LogP contribution in [0.1, 0.15) is 31.3 Å². The highest BCUT2D eigenvalue weighted by Crippen LogP contribution is 2.31. The molecule has 150 valence electrons. The number of alkyl halides is 2. The lowest BCUT2D eigenvalue weighted by molar-refractivity contribution is 0.122. The highest BCUT2D eigenvalue weighted by Gasteiger charge is 2.24. The van der Waals surface area contributed by atoms with E-state index < -0.39 is 6.43 Å². The molecular weight excluding hydrogens is 368 g/mol. The molecule has 2 aromatic heterocycles. The van der Waals surface area contributed by atoms with Gasteiger partial charge in [0.2, 0.25) is 11.9 Å². The summed E-state index contributed by atoms with van der Waals surface area (Å²) in [4.78, 5) is 21.7. The van der Waals surface area contributed by atoms with Crippen molar-refractivity contribution in [3.8, 4) is 11.4 Å². The molecule has 0 unspecified atom stereocenters. The van der Waals surface area contributed by atoms with E-state index >= 15 is 0 Å². The number of hydrogen-bond donors (Lipinski definition) is 1. The molecule has 0 saturated carbocycles. The molecule has 0 radical (unpaired) electrons. The van der Waals surface area contributed by atoms with Crippen LogP contribution in [-0.2, 0) is 4.74 Å². The molecule has 0 amide bonds. The SMILES string of the molecule is Nc1cc(C(F)F)c(-c2nc(N3CCCCC3)nc(N3CCOCC3)n2)cn1. The van der Waals surface area contributed by atoms with Gasteiger partial charge in [-0.1, -0.05) is 0 Å². The van der Waals surface area contributed by atoms with E-state index in [2.05, 4.69) is 24.8 Å². The molecule has 28 heavy (non-hydrogen) atoms. The standard InChI is InChI=1S/C18H23F2N7O/c19-15(20)12-10-14(21)22-11-13(12)16-23-17(26-4-2-1-3-5-26)25-18(24-16)27-6-8-28-9-7-27/h10-11,15H,1-9H2,(H2,21,22). The summed E-state index contributed by atoms with van der Waals surface area (Å²) in [6.45, 7) is 4.12. The monoisotopic (exact) mass is 391 g/mol. The van der Waals surface area contributed by atoms with Gasteiger partial charge in [0.1, 0.15) is 5.82 Å². The second-order valence-corrected chi connectivity index (χ2v) is 6.90. The zero-order chi connectivity index (χ0) is 19.5. The van der Waals surface area contributed by atoms with Crippen LogP contribution in [0.25, 0.3) is 11.4 Å². The number of piperidine rings is 1. The first-order chi connectivity index (χ1) is 13.6. The summed E-state index contributed by atoms with van der Waals surface area (Å²) < 4.78 is 32.6. The van der Waals surface area contributed by atoms with Crippen LogP contribution in [-0.4, -0.2) is 59.3 Å². The molecule has 2 aromatic rings. The average molecular weight is 391 g/mol. The summed E-state index contributed by atoms with van der Waals surface area (Å²) in [5.74, 6) is 1.23. The maximum absolute atomic E-state index is 13.6. The molecule has 0 atom stereocenters. The van der Waals surface area contributed by atoms with Crippen LogP contribution in [0.3, 0.4) is 0 Å². The Hall–Kier alpha value is -2.62. The van der Waals surface area contributed by atoms with Gasteiger partial charge in [-0.05, 0) is 25.3 Å². The highest BCUT2D eigenvalue weighted by molar-refractivity contribution is 5.64. The number of morpholine rings is 1. The number of nitrogen functional groups attached to an aromatic ring is 1. The Kier molecular flexibility index (Phi) is 5.47. The Balaban J connectivity index is 1.79. The van der Waals surface area contributed by atoms with Gasteiger partial charge >= 0.3 is 0 Å². The molecule has 8 nitrogen and oxygen atoms in total. The Morgan fingerprint density at radius 1 is 0.929 bits per heavy atom. The van der Waals surface area contributed by atoms with Crippen molar-refractivity contribution in [2.45, 2.75) is 25.7 Å². The fourth-order valence-corrected chi connectivity index (χ4v) is 3.47. The second-order valence-electron chi connectivity index (χ2n) is 6.90. The van der Waals surface area contributed by atoms with Crippen LogP contribution in [0, 0.1) is 0 Å². The maximum atomic E-state index is 13.6. The van der Waals surface area contributed by atoms with Crippen molar-refractivity contribution >= 4 is 17.7 Å². The van der Waals surface area contributed by atoms with Gasteiger partial charge in [-0.25, -0.2) is 13.8 Å². The predicted molar refractivity (Wildman–Crippen MR) is 102 cm³/mol. The average Bonchev–Trinajstić information content (AvgIpc) is 2.74. The molecular formula is C18H23F2N7O. The van der Waals surface area contributed by atoms with E-state index in [-0.39, 0.29) is 22.8 Å². The molecule has 0 spiro atoms. The molecule has 0 aliphatic carbocycles. The number of aromatic nitrogens is 4. The van der Waals surface area contributed by atoms with Gasteiger partial charge in [-0.15, -0.1) is 0 Å². The topological polar surface area (TPSA) is 93.3 Å². The van der Waals surface area contributed by atoms with Crippen LogP contribution < -0.4 is 15.5 Å². The van der Waals surface area contributed by atoms with E-state index in [0.717, 1.165) is 25.9 Å². The zero-order valence-corrected chi connectivity index (χ0v) is 15.5. The fraction of sp³-hybridized carbons (Fsp3) is 0.556. The maximum Gasteiger partial charge on any atom is 0.264 e. The van der Waals surface area contributed by atoms with Crippen molar-refractivity contribution in [3.05, 3.63) is 17.8 Å². The number of anilines is 3. The largest absolute Gasteiger partial charge is 0.384 e. The highest BCUT2D eigenvalue weighted by atomic mass is 19.3. The third-order valence-electron chi connectivity index (χ3n) is 4.98. The second kappa shape index (κ2) is 8.17. The first-order valence-electron chi connectivity index (χ1n) is 9.49. The van der Waals surface area contributed by atoms with Gasteiger partial charge in [0.05, 0.1) is 13.2 Å². The van der Waals surface area contributed by atoms with Crippen molar-refractivity contribution in [3.63, 3.8) is 0 Å². The Bertz CT molecular complexity index is 787. The van der Waals surface area contributed by atoms with Crippen molar-refractivity contribution in [2.75, 3.05) is 54.9 Å². The summed E-state index contributed by atoms with van der Waals surface area (Å²) in [6.07, 6.45) is 1.89. The summed E-state index contributed by atoms with van der Waals surface area (Å²) in [5, 5.41) is 0.